The third kappa shape index (κ3) is 12.5. The summed E-state index contributed by atoms with van der Waals surface area (Å²) in [6.07, 6.45) is -3.66. The Morgan fingerprint density at radius 1 is 0.635 bits per heavy atom. The van der Waals surface area contributed by atoms with Gasteiger partial charge in [0.05, 0.1) is 46.1 Å². The van der Waals surface area contributed by atoms with E-state index in [1.165, 1.54) is 34.3 Å². The summed E-state index contributed by atoms with van der Waals surface area (Å²) in [5.74, 6) is -4.06. The van der Waals surface area contributed by atoms with Gasteiger partial charge in [-0.1, -0.05) is 36.4 Å². The van der Waals surface area contributed by atoms with E-state index in [1.54, 1.807) is 76.0 Å². The van der Waals surface area contributed by atoms with E-state index in [-0.39, 0.29) is 48.5 Å². The highest BCUT2D eigenvalue weighted by Crippen LogP contribution is 2.30. The van der Waals surface area contributed by atoms with Crippen LogP contribution in [-0.4, -0.2) is 129 Å². The van der Waals surface area contributed by atoms with Crippen LogP contribution in [0.2, 0.25) is 0 Å². The molecule has 332 valence electrons. The van der Waals surface area contributed by atoms with Gasteiger partial charge in [-0.3, -0.25) is 19.4 Å². The molecule has 24 heteroatoms. The molecular formula is C39H37F6N11O7. The second-order valence-corrected chi connectivity index (χ2v) is 13.4. The van der Waals surface area contributed by atoms with E-state index < -0.39 is 36.5 Å². The maximum Gasteiger partial charge on any atom is 0.471 e. The van der Waals surface area contributed by atoms with Crippen LogP contribution >= 0.6 is 0 Å². The highest BCUT2D eigenvalue weighted by molar-refractivity contribution is 6.00. The summed E-state index contributed by atoms with van der Waals surface area (Å²) in [4.78, 5) is 71.8. The number of Topliss-reactive ketones (excluding diaryl/α,β-unsaturated/α-hetero) is 1. The van der Waals surface area contributed by atoms with Crippen LogP contribution in [0.3, 0.4) is 0 Å². The van der Waals surface area contributed by atoms with E-state index in [0.717, 1.165) is 0 Å². The number of benzene rings is 2. The molecule has 18 nitrogen and oxygen atoms in total. The Morgan fingerprint density at radius 2 is 1.08 bits per heavy atom. The maximum atomic E-state index is 13.1. The third-order valence-corrected chi connectivity index (χ3v) is 9.10. The first-order valence-electron chi connectivity index (χ1n) is 19.0. The van der Waals surface area contributed by atoms with Gasteiger partial charge in [0.15, 0.2) is 5.78 Å². The van der Waals surface area contributed by atoms with Crippen LogP contribution in [0.15, 0.2) is 89.9 Å². The van der Waals surface area contributed by atoms with Crippen molar-refractivity contribution < 1.29 is 59.4 Å². The van der Waals surface area contributed by atoms with Crippen molar-refractivity contribution in [3.05, 3.63) is 108 Å². The van der Waals surface area contributed by atoms with Gasteiger partial charge in [-0.15, -0.1) is 10.2 Å². The fourth-order valence-electron chi connectivity index (χ4n) is 5.89. The quantitative estimate of drug-likeness (QED) is 0.148. The lowest BCUT2D eigenvalue weighted by Crippen LogP contribution is -2.48. The van der Waals surface area contributed by atoms with E-state index in [4.69, 9.17) is 13.9 Å². The molecule has 5 heterocycles. The number of nitrogens with zero attached hydrogens (tertiary/aromatic N) is 10. The molecule has 2 aromatic carbocycles. The fraction of sp³-hybridized carbons (Fsp3) is 0.333. The van der Waals surface area contributed by atoms with Crippen molar-refractivity contribution in [3.63, 3.8) is 0 Å². The minimum absolute atomic E-state index is 0.111. The summed E-state index contributed by atoms with van der Waals surface area (Å²) in [5.41, 5.74) is 1.82. The zero-order valence-electron chi connectivity index (χ0n) is 33.0. The molecule has 0 saturated carbocycles. The Hall–Kier alpha value is -7.08. The molecule has 0 bridgehead atoms. The number of alkyl halides is 6. The lowest BCUT2D eigenvalue weighted by Gasteiger charge is -2.32. The highest BCUT2D eigenvalue weighted by Gasteiger charge is 2.39. The highest BCUT2D eigenvalue weighted by atomic mass is 19.4. The Kier molecular flexibility index (Phi) is 14.9. The number of halogens is 6. The summed E-state index contributed by atoms with van der Waals surface area (Å²) < 4.78 is 90.0. The number of morpholine rings is 2. The average Bonchev–Trinajstić information content (AvgIpc) is 3.82. The molecular weight excluding hydrogens is 848 g/mol. The molecule has 5 aromatic rings. The maximum absolute atomic E-state index is 13.1. The monoisotopic (exact) mass is 885 g/mol. The lowest BCUT2D eigenvalue weighted by atomic mass is 10.1. The van der Waals surface area contributed by atoms with Gasteiger partial charge >= 0.3 is 36.2 Å². The minimum Gasteiger partial charge on any atom is -0.413 e. The number of carbonyl (C=O) groups is 4. The van der Waals surface area contributed by atoms with Crippen LogP contribution in [-0.2, 0) is 33.5 Å². The number of urea groups is 2. The minimum atomic E-state index is -5.06. The van der Waals surface area contributed by atoms with E-state index in [1.807, 2.05) is 0 Å². The number of hydrogen-bond acceptors (Lipinski definition) is 13. The molecule has 0 radical (unpaired) electrons. The van der Waals surface area contributed by atoms with Gasteiger partial charge < -0.3 is 29.0 Å². The van der Waals surface area contributed by atoms with Gasteiger partial charge in [-0.2, -0.15) is 26.3 Å². The van der Waals surface area contributed by atoms with Gasteiger partial charge in [0.25, 0.3) is 0 Å². The SMILES string of the molecule is O=C(CNC(=O)C(F)(F)F)c1ccc(CN(C(=O)N2CCOCC2)c2ncccn2)cc1.O=C(N1CCOCC1)N(Cc1ccc(-c2nnc(C(F)(F)F)o2)cc1)c1ncccn1. The fourth-order valence-corrected chi connectivity index (χ4v) is 5.89. The largest absolute Gasteiger partial charge is 0.471 e. The van der Waals surface area contributed by atoms with Crippen molar-refractivity contribution >= 4 is 35.6 Å². The van der Waals surface area contributed by atoms with Crippen LogP contribution in [0.25, 0.3) is 11.5 Å². The van der Waals surface area contributed by atoms with Gasteiger partial charge in [-0.05, 0) is 35.4 Å². The van der Waals surface area contributed by atoms with E-state index in [9.17, 15) is 45.5 Å². The summed E-state index contributed by atoms with van der Waals surface area (Å²) in [5, 5.41) is 8.01. The Morgan fingerprint density at radius 3 is 1.49 bits per heavy atom. The molecule has 0 aliphatic carbocycles. The summed E-state index contributed by atoms with van der Waals surface area (Å²) in [7, 11) is 0. The van der Waals surface area contributed by atoms with Crippen molar-refractivity contribution in [2.75, 3.05) is 69.0 Å². The number of ketones is 1. The van der Waals surface area contributed by atoms with Gasteiger partial charge in [0, 0.05) is 62.1 Å². The van der Waals surface area contributed by atoms with Crippen molar-refractivity contribution in [1.82, 2.24) is 45.2 Å². The molecule has 0 unspecified atom stereocenters. The molecule has 2 aliphatic rings. The Labute approximate surface area is 353 Å². The first-order valence-corrected chi connectivity index (χ1v) is 19.0. The smallest absolute Gasteiger partial charge is 0.413 e. The summed E-state index contributed by atoms with van der Waals surface area (Å²) in [6.45, 7) is 3.03. The molecule has 2 fully saturated rings. The van der Waals surface area contributed by atoms with Gasteiger partial charge in [-0.25, -0.2) is 29.5 Å². The molecule has 0 spiro atoms. The van der Waals surface area contributed by atoms with Crippen molar-refractivity contribution in [1.29, 1.82) is 0 Å². The van der Waals surface area contributed by atoms with Crippen LogP contribution in [0, 0.1) is 0 Å². The van der Waals surface area contributed by atoms with Crippen molar-refractivity contribution in [2.24, 2.45) is 0 Å². The number of anilines is 2. The van der Waals surface area contributed by atoms with Crippen LogP contribution in [0.1, 0.15) is 27.4 Å². The number of hydrogen-bond donors (Lipinski definition) is 1. The summed E-state index contributed by atoms with van der Waals surface area (Å²) >= 11 is 0. The van der Waals surface area contributed by atoms with Gasteiger partial charge in [0.1, 0.15) is 0 Å². The molecule has 1 N–H and O–H groups in total. The number of rotatable bonds is 10. The van der Waals surface area contributed by atoms with Crippen LogP contribution in [0.5, 0.6) is 0 Å². The Bertz CT molecular complexity index is 2290. The first kappa shape index (κ1) is 45.4. The number of amides is 5. The Balaban J connectivity index is 0.000000210. The molecule has 5 amide bonds. The van der Waals surface area contributed by atoms with Crippen molar-refractivity contribution in [3.8, 4) is 11.5 Å². The number of aromatic nitrogens is 6. The normalized spacial score (nSPS) is 14.3. The standard InChI is InChI=1S/C20H20F3N5O4.C19H17F3N6O3/c21-20(22,23)17(30)26-12-16(29)15-4-2-14(3-5-15)13-28(18-24-6-1-7-25-18)19(31)27-8-10-32-11-9-27;20-19(21,22)16-26-25-15(31-16)14-4-2-13(3-5-14)12-28(17-23-6-1-7-24-17)18(29)27-8-10-30-11-9-27/h1-7H,8-13H2,(H,26,30);1-7H,8-12H2. The molecule has 7 rings (SSSR count). The lowest BCUT2D eigenvalue weighted by molar-refractivity contribution is -0.173. The number of carbonyl (C=O) groups excluding carboxylic acids is 4. The predicted molar refractivity (Wildman–Crippen MR) is 207 cm³/mol. The van der Waals surface area contributed by atoms with E-state index >= 15 is 0 Å². The zero-order chi connectivity index (χ0) is 45.0. The third-order valence-electron chi connectivity index (χ3n) is 9.10. The van der Waals surface area contributed by atoms with Crippen molar-refractivity contribution in [2.45, 2.75) is 25.4 Å². The first-order chi connectivity index (χ1) is 30.2. The molecule has 2 saturated heterocycles. The topological polar surface area (TPSA) is 202 Å². The number of nitrogens with one attached hydrogen (secondary N) is 1. The number of ether oxygens (including phenoxy) is 2. The summed E-state index contributed by atoms with van der Waals surface area (Å²) in [6, 6.07) is 15.1. The van der Waals surface area contributed by atoms with E-state index in [2.05, 4.69) is 30.1 Å². The second kappa shape index (κ2) is 20.7. The second-order valence-electron chi connectivity index (χ2n) is 13.4. The predicted octanol–water partition coefficient (Wildman–Crippen LogP) is 4.80. The van der Waals surface area contributed by atoms with Crippen LogP contribution < -0.4 is 15.1 Å². The molecule has 63 heavy (non-hydrogen) atoms. The van der Waals surface area contributed by atoms with Gasteiger partial charge in [0.2, 0.25) is 17.8 Å². The van der Waals surface area contributed by atoms with Crippen LogP contribution in [0.4, 0.5) is 47.8 Å². The average molecular weight is 886 g/mol. The zero-order valence-corrected chi connectivity index (χ0v) is 33.0. The molecule has 3 aromatic heterocycles. The van der Waals surface area contributed by atoms with E-state index in [0.29, 0.717) is 69.3 Å². The molecule has 2 aliphatic heterocycles. The molecule has 0 atom stereocenters.